The number of benzene rings is 1. The summed E-state index contributed by atoms with van der Waals surface area (Å²) in [6.45, 7) is 3.73. The van der Waals surface area contributed by atoms with Crippen molar-refractivity contribution in [2.45, 2.75) is 25.1 Å². The number of hydrogen-bond donors (Lipinski definition) is 1. The van der Waals surface area contributed by atoms with Crippen LogP contribution in [0.15, 0.2) is 41.6 Å². The maximum Gasteiger partial charge on any atom is 0.219 e. The summed E-state index contributed by atoms with van der Waals surface area (Å²) in [5.41, 5.74) is 1.53. The molecule has 2 rings (SSSR count). The molecule has 1 aromatic carbocycles. The van der Waals surface area contributed by atoms with Crippen molar-refractivity contribution in [3.8, 4) is 5.75 Å². The topological polar surface area (TPSA) is 72.3 Å². The third kappa shape index (κ3) is 4.91. The van der Waals surface area contributed by atoms with Gasteiger partial charge in [-0.3, -0.25) is 4.21 Å². The molecular formula is C15H18N2O3S. The SMILES string of the molecule is Cc1cc(C)nc([S@@](=O)C[C@H](O)COc2ccccc2)n1. The van der Waals surface area contributed by atoms with Crippen molar-refractivity contribution in [2.24, 2.45) is 0 Å². The van der Waals surface area contributed by atoms with Gasteiger partial charge in [0.2, 0.25) is 5.16 Å². The lowest BCUT2D eigenvalue weighted by Gasteiger charge is -2.12. The highest BCUT2D eigenvalue weighted by Crippen LogP contribution is 2.10. The van der Waals surface area contributed by atoms with Crippen LogP contribution in [0.5, 0.6) is 5.75 Å². The Bertz CT molecular complexity index is 599. The summed E-state index contributed by atoms with van der Waals surface area (Å²) < 4.78 is 17.6. The molecule has 0 spiro atoms. The van der Waals surface area contributed by atoms with Crippen LogP contribution in [0.4, 0.5) is 0 Å². The molecule has 1 heterocycles. The zero-order valence-corrected chi connectivity index (χ0v) is 12.8. The largest absolute Gasteiger partial charge is 0.491 e. The number of aromatic nitrogens is 2. The summed E-state index contributed by atoms with van der Waals surface area (Å²) in [5.74, 6) is 0.723. The van der Waals surface area contributed by atoms with Gasteiger partial charge in [-0.05, 0) is 32.0 Å². The average Bonchev–Trinajstić information content (AvgIpc) is 2.45. The van der Waals surface area contributed by atoms with Crippen LogP contribution in [0.1, 0.15) is 11.4 Å². The molecule has 0 radical (unpaired) electrons. The van der Waals surface area contributed by atoms with Crippen LogP contribution < -0.4 is 4.74 Å². The molecule has 21 heavy (non-hydrogen) atoms. The predicted octanol–water partition coefficient (Wildman–Crippen LogP) is 1.64. The smallest absolute Gasteiger partial charge is 0.219 e. The van der Waals surface area contributed by atoms with E-state index in [2.05, 4.69) is 9.97 Å². The van der Waals surface area contributed by atoms with Crippen LogP contribution >= 0.6 is 0 Å². The minimum Gasteiger partial charge on any atom is -0.491 e. The van der Waals surface area contributed by atoms with Crippen molar-refractivity contribution in [2.75, 3.05) is 12.4 Å². The van der Waals surface area contributed by atoms with Gasteiger partial charge in [-0.2, -0.15) is 0 Å². The summed E-state index contributed by atoms with van der Waals surface area (Å²) in [5, 5.41) is 10.2. The Morgan fingerprint density at radius 2 is 1.81 bits per heavy atom. The molecule has 2 atom stereocenters. The Kier molecular flexibility index (Phi) is 5.41. The first kappa shape index (κ1) is 15.6. The van der Waals surface area contributed by atoms with Crippen molar-refractivity contribution in [3.05, 3.63) is 47.8 Å². The van der Waals surface area contributed by atoms with Crippen molar-refractivity contribution in [1.82, 2.24) is 9.97 Å². The highest BCUT2D eigenvalue weighted by molar-refractivity contribution is 7.84. The van der Waals surface area contributed by atoms with E-state index in [1.54, 1.807) is 12.1 Å². The number of aliphatic hydroxyl groups is 1. The third-order valence-electron chi connectivity index (χ3n) is 2.69. The molecule has 112 valence electrons. The molecule has 0 amide bonds. The van der Waals surface area contributed by atoms with E-state index in [9.17, 15) is 9.32 Å². The fourth-order valence-corrected chi connectivity index (χ4v) is 2.89. The second-order valence-electron chi connectivity index (χ2n) is 4.72. The maximum atomic E-state index is 12.1. The van der Waals surface area contributed by atoms with Crippen LogP contribution in [-0.2, 0) is 10.8 Å². The number of nitrogens with zero attached hydrogens (tertiary/aromatic N) is 2. The summed E-state index contributed by atoms with van der Waals surface area (Å²) in [7, 11) is -1.44. The highest BCUT2D eigenvalue weighted by atomic mass is 32.2. The van der Waals surface area contributed by atoms with Crippen molar-refractivity contribution >= 4 is 10.8 Å². The van der Waals surface area contributed by atoms with Crippen LogP contribution in [0.3, 0.4) is 0 Å². The number of rotatable bonds is 6. The highest BCUT2D eigenvalue weighted by Gasteiger charge is 2.15. The molecule has 0 aliphatic heterocycles. The van der Waals surface area contributed by atoms with Gasteiger partial charge in [-0.1, -0.05) is 18.2 Å². The average molecular weight is 306 g/mol. The number of aliphatic hydroxyl groups excluding tert-OH is 1. The first-order valence-corrected chi connectivity index (χ1v) is 7.93. The number of aryl methyl sites for hydroxylation is 2. The van der Waals surface area contributed by atoms with Crippen molar-refractivity contribution < 1.29 is 14.1 Å². The van der Waals surface area contributed by atoms with Gasteiger partial charge in [0.1, 0.15) is 12.4 Å². The van der Waals surface area contributed by atoms with Gasteiger partial charge in [0.15, 0.2) is 0 Å². The molecule has 0 fully saturated rings. The third-order valence-corrected chi connectivity index (χ3v) is 3.97. The van der Waals surface area contributed by atoms with Gasteiger partial charge in [0.05, 0.1) is 22.7 Å². The lowest BCUT2D eigenvalue weighted by atomic mass is 10.3. The molecule has 0 saturated heterocycles. The molecule has 5 nitrogen and oxygen atoms in total. The van der Waals surface area contributed by atoms with Gasteiger partial charge >= 0.3 is 0 Å². The van der Waals surface area contributed by atoms with E-state index in [1.807, 2.05) is 38.1 Å². The molecular weight excluding hydrogens is 288 g/mol. The van der Waals surface area contributed by atoms with E-state index in [-0.39, 0.29) is 17.5 Å². The molecule has 0 saturated carbocycles. The summed E-state index contributed by atoms with van der Waals surface area (Å²) >= 11 is 0. The molecule has 0 unspecified atom stereocenters. The molecule has 1 N–H and O–H groups in total. The zero-order chi connectivity index (χ0) is 15.2. The minimum absolute atomic E-state index is 0.0513. The number of para-hydroxylation sites is 1. The molecule has 6 heteroatoms. The molecule has 0 aliphatic carbocycles. The Labute approximate surface area is 126 Å². The maximum absolute atomic E-state index is 12.1. The summed E-state index contributed by atoms with van der Waals surface area (Å²) in [6, 6.07) is 11.0. The van der Waals surface area contributed by atoms with Gasteiger partial charge < -0.3 is 9.84 Å². The van der Waals surface area contributed by atoms with Crippen molar-refractivity contribution in [3.63, 3.8) is 0 Å². The standard InChI is InChI=1S/C15H18N2O3S/c1-11-8-12(2)17-15(16-11)21(19)10-13(18)9-20-14-6-4-3-5-7-14/h3-8,13,18H,9-10H2,1-2H3/t13-,21+/m1/s1. The first-order chi connectivity index (χ1) is 10.0. The van der Waals surface area contributed by atoms with Crippen LogP contribution in [0.2, 0.25) is 0 Å². The molecule has 1 aromatic heterocycles. The quantitative estimate of drug-likeness (QED) is 0.821. The van der Waals surface area contributed by atoms with E-state index in [4.69, 9.17) is 4.74 Å². The van der Waals surface area contributed by atoms with Gasteiger partial charge in [-0.25, -0.2) is 9.97 Å². The Balaban J connectivity index is 1.90. The van der Waals surface area contributed by atoms with E-state index in [1.165, 1.54) is 0 Å². The zero-order valence-electron chi connectivity index (χ0n) is 12.0. The van der Waals surface area contributed by atoms with Crippen LogP contribution in [0.25, 0.3) is 0 Å². The van der Waals surface area contributed by atoms with E-state index in [0.717, 1.165) is 11.4 Å². The first-order valence-electron chi connectivity index (χ1n) is 6.61. The van der Waals surface area contributed by atoms with E-state index >= 15 is 0 Å². The fourth-order valence-electron chi connectivity index (χ4n) is 1.80. The fraction of sp³-hybridized carbons (Fsp3) is 0.333. The second-order valence-corrected chi connectivity index (χ2v) is 6.11. The molecule has 0 aliphatic rings. The lowest BCUT2D eigenvalue weighted by Crippen LogP contribution is -2.25. The predicted molar refractivity (Wildman–Crippen MR) is 80.7 cm³/mol. The monoisotopic (exact) mass is 306 g/mol. The Morgan fingerprint density at radius 1 is 1.19 bits per heavy atom. The number of ether oxygens (including phenoxy) is 1. The van der Waals surface area contributed by atoms with E-state index in [0.29, 0.717) is 5.75 Å². The normalized spacial score (nSPS) is 13.7. The van der Waals surface area contributed by atoms with E-state index < -0.39 is 16.9 Å². The van der Waals surface area contributed by atoms with Gasteiger partial charge in [-0.15, -0.1) is 0 Å². The Morgan fingerprint density at radius 3 is 2.43 bits per heavy atom. The van der Waals surface area contributed by atoms with Crippen LogP contribution in [0, 0.1) is 13.8 Å². The number of hydrogen-bond acceptors (Lipinski definition) is 5. The summed E-state index contributed by atoms with van der Waals surface area (Å²) in [4.78, 5) is 8.28. The van der Waals surface area contributed by atoms with Gasteiger partial charge in [0.25, 0.3) is 0 Å². The minimum atomic E-state index is -1.44. The lowest BCUT2D eigenvalue weighted by molar-refractivity contribution is 0.125. The molecule has 2 aromatic rings. The van der Waals surface area contributed by atoms with Crippen LogP contribution in [-0.4, -0.2) is 37.7 Å². The summed E-state index contributed by atoms with van der Waals surface area (Å²) in [6.07, 6.45) is -0.838. The van der Waals surface area contributed by atoms with Gasteiger partial charge in [0, 0.05) is 11.4 Å². The Hall–Kier alpha value is -1.79. The second kappa shape index (κ2) is 7.28. The molecule has 0 bridgehead atoms. The van der Waals surface area contributed by atoms with Crippen molar-refractivity contribution in [1.29, 1.82) is 0 Å².